The maximum absolute atomic E-state index is 12.5. The van der Waals surface area contributed by atoms with Crippen LogP contribution in [0.15, 0.2) is 67.4 Å². The van der Waals surface area contributed by atoms with Crippen LogP contribution in [-0.2, 0) is 43.6 Å². The third-order valence-corrected chi connectivity index (χ3v) is 8.45. The quantitative estimate of drug-likeness (QED) is 0.0208. The third-order valence-electron chi connectivity index (χ3n) is 4.72. The second kappa shape index (κ2) is 21.5. The number of nitrogens with two attached hydrogens (primary N) is 1. The van der Waals surface area contributed by atoms with Gasteiger partial charge in [0.2, 0.25) is 0 Å². The Kier molecular flexibility index (Phi) is 23.3. The fourth-order valence-electron chi connectivity index (χ4n) is 3.07. The first-order chi connectivity index (χ1) is 19.1. The molecule has 0 spiro atoms. The molecule has 44 heavy (non-hydrogen) atoms. The summed E-state index contributed by atoms with van der Waals surface area (Å²) in [5.74, 6) is -1.40. The first-order valence-electron chi connectivity index (χ1n) is 9.94. The number of benzene rings is 3. The molecule has 3 aromatic rings. The van der Waals surface area contributed by atoms with Crippen molar-refractivity contribution in [2.45, 2.75) is 14.7 Å². The Morgan fingerprint density at radius 2 is 1.57 bits per heavy atom. The van der Waals surface area contributed by atoms with Crippen LogP contribution in [-0.4, -0.2) is 51.8 Å². The Labute approximate surface area is 342 Å². The summed E-state index contributed by atoms with van der Waals surface area (Å²) in [5, 5.41) is 30.3. The van der Waals surface area contributed by atoms with Gasteiger partial charge in [-0.15, -0.1) is 14.6 Å². The van der Waals surface area contributed by atoms with Crippen molar-refractivity contribution in [3.05, 3.63) is 42.5 Å². The van der Waals surface area contributed by atoms with Crippen LogP contribution in [0.3, 0.4) is 0 Å². The summed E-state index contributed by atoms with van der Waals surface area (Å²) in [4.78, 5) is -2.36. The Morgan fingerprint density at radius 1 is 0.955 bits per heavy atom. The van der Waals surface area contributed by atoms with Gasteiger partial charge in [-0.1, -0.05) is 6.07 Å². The van der Waals surface area contributed by atoms with Crippen LogP contribution >= 0.6 is 30.9 Å². The molecule has 3 rings (SSSR count). The van der Waals surface area contributed by atoms with Crippen molar-refractivity contribution in [1.29, 1.82) is 0 Å². The third kappa shape index (κ3) is 14.1. The number of sulfone groups is 1. The van der Waals surface area contributed by atoms with Gasteiger partial charge in [0, 0.05) is 0 Å². The number of halogens is 3. The number of aromatic hydroxyl groups is 1. The van der Waals surface area contributed by atoms with E-state index in [0.717, 1.165) is 18.2 Å². The number of anilines is 1. The topological polar surface area (TPSA) is 270 Å². The number of hydrogen-bond acceptors (Lipinski definition) is 17. The van der Waals surface area contributed by atoms with Crippen LogP contribution in [0.5, 0.6) is 5.75 Å². The largest absolute Gasteiger partial charge is 1.00 e. The molecular weight excluding hydrogens is 936 g/mol. The predicted octanol–water partition coefficient (Wildman–Crippen LogP) is -9.75. The van der Waals surface area contributed by atoms with Gasteiger partial charge >= 0.3 is 128 Å². The average molecular weight is 950 g/mol. The molecule has 0 aliphatic heterocycles. The molecule has 0 saturated carbocycles. The summed E-state index contributed by atoms with van der Waals surface area (Å²) in [6, 6.07) is 6.53. The zero-order chi connectivity index (χ0) is 31.0. The molecule has 26 heteroatoms. The molecule has 0 aliphatic carbocycles. The van der Waals surface area contributed by atoms with Crippen LogP contribution < -0.4 is 117 Å². The second-order valence-electron chi connectivity index (χ2n) is 7.18. The van der Waals surface area contributed by atoms with Gasteiger partial charge in [-0.05, 0) is 41.8 Å². The molecule has 0 aliphatic rings. The van der Waals surface area contributed by atoms with E-state index in [0.29, 0.717) is 12.1 Å². The molecule has 0 fully saturated rings. The van der Waals surface area contributed by atoms with Gasteiger partial charge in [-0.2, -0.15) is 0 Å². The molecule has 0 amide bonds. The van der Waals surface area contributed by atoms with Crippen LogP contribution in [0.1, 0.15) is 0 Å². The van der Waals surface area contributed by atoms with Crippen molar-refractivity contribution in [2.75, 3.05) is 18.1 Å². The summed E-state index contributed by atoms with van der Waals surface area (Å²) in [7, 11) is -14.4. The van der Waals surface area contributed by atoms with E-state index >= 15 is 0 Å². The first-order valence-corrected chi connectivity index (χ1v) is 22.2. The van der Waals surface area contributed by atoms with Crippen molar-refractivity contribution in [3.63, 3.8) is 0 Å². The molecular formula is C18H14FI2N3Na3O13S4-. The van der Waals surface area contributed by atoms with Crippen LogP contribution in [0.2, 0.25) is 0 Å². The summed E-state index contributed by atoms with van der Waals surface area (Å²) >= 11 is 0.854. The molecule has 0 saturated heterocycles. The van der Waals surface area contributed by atoms with E-state index in [1.807, 2.05) is 0 Å². The molecule has 16 nitrogen and oxygen atoms in total. The van der Waals surface area contributed by atoms with Gasteiger partial charge < -0.3 is 25.2 Å². The zero-order valence-corrected chi connectivity index (χ0v) is 36.1. The van der Waals surface area contributed by atoms with E-state index in [2.05, 4.69) is 23.8 Å². The van der Waals surface area contributed by atoms with E-state index in [1.54, 1.807) is 18.6 Å². The summed E-state index contributed by atoms with van der Waals surface area (Å²) in [6.45, 7) is -0.503. The fraction of sp³-hybridized carbons (Fsp3) is 0.111. The Balaban J connectivity index is 0. The van der Waals surface area contributed by atoms with Crippen LogP contribution in [0.4, 0.5) is 19.9 Å². The number of azo groups is 1. The summed E-state index contributed by atoms with van der Waals surface area (Å²) < 4.78 is 113. The number of fused-ring (bicyclic) bond motifs is 1. The van der Waals surface area contributed by atoms with Gasteiger partial charge in [0.15, 0.2) is 22.2 Å². The maximum Gasteiger partial charge on any atom is 1.00 e. The molecule has 3 N–H and O–H groups in total. The van der Waals surface area contributed by atoms with E-state index in [4.69, 9.17) is 5.73 Å². The fourth-order valence-corrected chi connectivity index (χ4v) is 5.74. The molecule has 3 aromatic carbocycles. The molecule has 0 aromatic heterocycles. The van der Waals surface area contributed by atoms with Crippen molar-refractivity contribution in [3.8, 4) is 5.75 Å². The first kappa shape index (κ1) is 47.6. The van der Waals surface area contributed by atoms with Gasteiger partial charge in [0.05, 0.1) is 38.1 Å². The number of nitrogen functional groups attached to an aromatic ring is 1. The zero-order valence-electron chi connectivity index (χ0n) is 22.5. The van der Waals surface area contributed by atoms with E-state index in [9.17, 15) is 47.6 Å². The predicted molar refractivity (Wildman–Crippen MR) is 139 cm³/mol. The van der Waals surface area contributed by atoms with Gasteiger partial charge in [0.1, 0.15) is 37.4 Å². The summed E-state index contributed by atoms with van der Waals surface area (Å²) in [5.41, 5.74) is 4.92. The number of hydrogen-bond donors (Lipinski definition) is 2. The van der Waals surface area contributed by atoms with Crippen molar-refractivity contribution in [2.24, 2.45) is 10.2 Å². The average Bonchev–Trinajstić information content (AvgIpc) is 2.87. The standard InChI is InChI=1S/C18H17N3O13S4.FI2.3Na/c19-13-3-1-10-7-12(37(26,27)28)8-15(22)17(10)18(13)21-20-14-4-2-11(9-16(14)38(29,30)31)36(24,25)6-5-32-35-34-33-23;1-3-2;;;/h1-4,7-9,22-23H,5-6,19H2,(H,26,27,28)(H,29,30,31);;;;/q;-1;3*+1/p-3. The monoisotopic (exact) mass is 950 g/mol. The Hall–Kier alpha value is 1.47. The molecule has 0 heterocycles. The minimum absolute atomic E-state index is 0. The smallest absolute Gasteiger partial charge is 0.744 e. The SMILES string of the molecule is F[I-]I.Nc1ccc2cc(S(=O)(=O)[O-])cc(O)c2c1N=Nc1ccc(S(=O)(=O)CCOSOO[O-])cc1S(=O)(=O)[O-].[Na+].[Na+].[Na+]. The normalized spacial score (nSPS) is 11.7. The van der Waals surface area contributed by atoms with Crippen LogP contribution in [0, 0.1) is 0 Å². The molecule has 0 unspecified atom stereocenters. The van der Waals surface area contributed by atoms with Gasteiger partial charge in [0.25, 0.3) is 0 Å². The van der Waals surface area contributed by atoms with Crippen molar-refractivity contribution in [1.82, 2.24) is 0 Å². The molecule has 0 bridgehead atoms. The van der Waals surface area contributed by atoms with E-state index in [-0.39, 0.29) is 123 Å². The van der Waals surface area contributed by atoms with E-state index in [1.165, 1.54) is 12.1 Å². The molecule has 0 atom stereocenters. The number of nitrogens with zero attached hydrogens (tertiary/aromatic N) is 2. The molecule has 0 radical (unpaired) electrons. The van der Waals surface area contributed by atoms with Crippen molar-refractivity contribution >= 4 is 88.8 Å². The summed E-state index contributed by atoms with van der Waals surface area (Å²) in [6.07, 6.45) is 0. The Morgan fingerprint density at radius 3 is 2.11 bits per heavy atom. The number of rotatable bonds is 11. The van der Waals surface area contributed by atoms with Crippen molar-refractivity contribution < 1.29 is 168 Å². The Bertz CT molecular complexity index is 1770. The van der Waals surface area contributed by atoms with E-state index < -0.39 is 86.4 Å². The number of phenols is 1. The second-order valence-corrected chi connectivity index (χ2v) is 14.9. The molecule has 228 valence electrons. The maximum atomic E-state index is 12.5. The van der Waals surface area contributed by atoms with Gasteiger partial charge in [-0.25, -0.2) is 25.3 Å². The minimum atomic E-state index is -5.29. The minimum Gasteiger partial charge on any atom is -0.744 e. The van der Waals surface area contributed by atoms with Crippen LogP contribution in [0.25, 0.3) is 10.8 Å². The number of phenolic OH excluding ortho intramolecular Hbond substituents is 1. The van der Waals surface area contributed by atoms with Gasteiger partial charge in [-0.3, -0.25) is 9.22 Å².